The molecule has 0 heterocycles. The molecule has 0 amide bonds. The second-order valence-electron chi connectivity index (χ2n) is 4.84. The van der Waals surface area contributed by atoms with Gasteiger partial charge in [-0.2, -0.15) is 0 Å². The summed E-state index contributed by atoms with van der Waals surface area (Å²) in [6.07, 6.45) is 1.16. The van der Waals surface area contributed by atoms with Gasteiger partial charge in [0.25, 0.3) is 0 Å². The Morgan fingerprint density at radius 3 is 2.62 bits per heavy atom. The zero-order valence-electron chi connectivity index (χ0n) is 10.5. The van der Waals surface area contributed by atoms with Gasteiger partial charge in [0.1, 0.15) is 0 Å². The van der Waals surface area contributed by atoms with Crippen LogP contribution in [0.4, 0.5) is 0 Å². The Balaban J connectivity index is 2.32. The third-order valence-electron chi connectivity index (χ3n) is 2.72. The van der Waals surface area contributed by atoms with Crippen LogP contribution in [-0.2, 0) is 0 Å². The fraction of sp³-hybridized carbons (Fsp3) is 0.571. The Bertz CT molecular complexity index is 309. The maximum absolute atomic E-state index is 5.98. The monoisotopic (exact) mass is 239 g/mol. The van der Waals surface area contributed by atoms with Gasteiger partial charge in [0.15, 0.2) is 0 Å². The number of hydrogen-bond donors (Lipinski definition) is 1. The number of halogens is 1. The third-order valence-corrected chi connectivity index (χ3v) is 2.96. The molecule has 1 unspecified atom stereocenters. The van der Waals surface area contributed by atoms with Crippen LogP contribution in [0.1, 0.15) is 38.7 Å². The Morgan fingerprint density at radius 1 is 1.25 bits per heavy atom. The smallest absolute Gasteiger partial charge is 0.0408 e. The Labute approximate surface area is 104 Å². The summed E-state index contributed by atoms with van der Waals surface area (Å²) in [6.45, 7) is 8.89. The predicted molar refractivity (Wildman–Crippen MR) is 72.2 cm³/mol. The molecule has 1 rings (SSSR count). The third kappa shape index (κ3) is 5.00. The van der Waals surface area contributed by atoms with Crippen LogP contribution in [0.25, 0.3) is 0 Å². The molecule has 90 valence electrons. The largest absolute Gasteiger partial charge is 0.316 e. The molecule has 16 heavy (non-hydrogen) atoms. The van der Waals surface area contributed by atoms with Crippen LogP contribution in [-0.4, -0.2) is 13.1 Å². The van der Waals surface area contributed by atoms with Crippen LogP contribution < -0.4 is 5.32 Å². The number of rotatable bonds is 6. The first-order valence-corrected chi connectivity index (χ1v) is 6.43. The van der Waals surface area contributed by atoms with Gasteiger partial charge in [-0.3, -0.25) is 0 Å². The number of hydrogen-bond acceptors (Lipinski definition) is 1. The highest BCUT2D eigenvalue weighted by atomic mass is 35.5. The Kier molecular flexibility index (Phi) is 5.86. The van der Waals surface area contributed by atoms with E-state index in [-0.39, 0.29) is 0 Å². The lowest BCUT2D eigenvalue weighted by Gasteiger charge is -2.13. The molecule has 0 saturated heterocycles. The average Bonchev–Trinajstić information content (AvgIpc) is 2.24. The minimum absolute atomic E-state index is 0.568. The lowest BCUT2D eigenvalue weighted by atomic mass is 9.98. The van der Waals surface area contributed by atoms with Crippen LogP contribution in [0.3, 0.4) is 0 Å². The quantitative estimate of drug-likeness (QED) is 0.738. The van der Waals surface area contributed by atoms with Crippen LogP contribution in [0.15, 0.2) is 24.3 Å². The summed E-state index contributed by atoms with van der Waals surface area (Å²) in [5.41, 5.74) is 1.33. The first-order chi connectivity index (χ1) is 7.59. The number of benzene rings is 1. The van der Waals surface area contributed by atoms with E-state index in [4.69, 9.17) is 11.6 Å². The maximum atomic E-state index is 5.98. The highest BCUT2D eigenvalue weighted by Gasteiger charge is 2.05. The number of nitrogens with one attached hydrogen (secondary N) is 1. The molecule has 0 aliphatic carbocycles. The van der Waals surface area contributed by atoms with Crippen LogP contribution in [0, 0.1) is 5.92 Å². The van der Waals surface area contributed by atoms with Crippen molar-refractivity contribution in [3.63, 3.8) is 0 Å². The summed E-state index contributed by atoms with van der Waals surface area (Å²) in [5, 5.41) is 4.30. The summed E-state index contributed by atoms with van der Waals surface area (Å²) >= 11 is 5.98. The van der Waals surface area contributed by atoms with Crippen LogP contribution in [0.2, 0.25) is 5.02 Å². The molecule has 0 bridgehead atoms. The summed E-state index contributed by atoms with van der Waals surface area (Å²) in [6, 6.07) is 8.16. The standard InChI is InChI=1S/C14H22ClN/c1-11(2)10-16-8-7-12(3)13-5-4-6-14(15)9-13/h4-6,9,11-12,16H,7-8,10H2,1-3H3. The van der Waals surface area contributed by atoms with E-state index in [1.807, 2.05) is 12.1 Å². The van der Waals surface area contributed by atoms with E-state index < -0.39 is 0 Å². The zero-order valence-corrected chi connectivity index (χ0v) is 11.2. The minimum atomic E-state index is 0.568. The second kappa shape index (κ2) is 6.93. The van der Waals surface area contributed by atoms with Crippen molar-refractivity contribution in [3.8, 4) is 0 Å². The van der Waals surface area contributed by atoms with Crippen molar-refractivity contribution in [2.24, 2.45) is 5.92 Å². The fourth-order valence-corrected chi connectivity index (χ4v) is 1.89. The molecule has 1 nitrogen and oxygen atoms in total. The summed E-state index contributed by atoms with van der Waals surface area (Å²) < 4.78 is 0. The molecular weight excluding hydrogens is 218 g/mol. The van der Waals surface area contributed by atoms with E-state index in [1.165, 1.54) is 5.56 Å². The van der Waals surface area contributed by atoms with Gasteiger partial charge < -0.3 is 5.32 Å². The van der Waals surface area contributed by atoms with E-state index in [0.29, 0.717) is 5.92 Å². The summed E-state index contributed by atoms with van der Waals surface area (Å²) in [5.74, 6) is 1.29. The van der Waals surface area contributed by atoms with Gasteiger partial charge >= 0.3 is 0 Å². The summed E-state index contributed by atoms with van der Waals surface area (Å²) in [4.78, 5) is 0. The molecule has 0 saturated carbocycles. The lowest BCUT2D eigenvalue weighted by molar-refractivity contribution is 0.525. The molecule has 0 spiro atoms. The molecule has 0 aliphatic heterocycles. The van der Waals surface area contributed by atoms with Crippen molar-refractivity contribution in [2.45, 2.75) is 33.1 Å². The van der Waals surface area contributed by atoms with Crippen molar-refractivity contribution < 1.29 is 0 Å². The molecule has 0 fully saturated rings. The van der Waals surface area contributed by atoms with Gasteiger partial charge in [-0.25, -0.2) is 0 Å². The van der Waals surface area contributed by atoms with E-state index in [0.717, 1.165) is 30.5 Å². The SMILES string of the molecule is CC(C)CNCCC(C)c1cccc(Cl)c1. The van der Waals surface area contributed by atoms with Crippen molar-refractivity contribution in [2.75, 3.05) is 13.1 Å². The highest BCUT2D eigenvalue weighted by Crippen LogP contribution is 2.21. The predicted octanol–water partition coefficient (Wildman–Crippen LogP) is 4.08. The molecule has 2 heteroatoms. The lowest BCUT2D eigenvalue weighted by Crippen LogP contribution is -2.21. The highest BCUT2D eigenvalue weighted by molar-refractivity contribution is 6.30. The topological polar surface area (TPSA) is 12.0 Å². The van der Waals surface area contributed by atoms with Gasteiger partial charge in [0, 0.05) is 5.02 Å². The first kappa shape index (κ1) is 13.5. The Morgan fingerprint density at radius 2 is 2.00 bits per heavy atom. The fourth-order valence-electron chi connectivity index (χ4n) is 1.69. The van der Waals surface area contributed by atoms with E-state index in [2.05, 4.69) is 38.2 Å². The molecule has 1 aromatic rings. The molecular formula is C14H22ClN. The van der Waals surface area contributed by atoms with Crippen LogP contribution >= 0.6 is 11.6 Å². The first-order valence-electron chi connectivity index (χ1n) is 6.05. The van der Waals surface area contributed by atoms with E-state index in [1.54, 1.807) is 0 Å². The van der Waals surface area contributed by atoms with Gasteiger partial charge in [-0.05, 0) is 49.0 Å². The normalized spacial score (nSPS) is 13.1. The molecule has 0 aromatic heterocycles. The molecule has 1 atom stereocenters. The van der Waals surface area contributed by atoms with Gasteiger partial charge in [0.2, 0.25) is 0 Å². The van der Waals surface area contributed by atoms with E-state index in [9.17, 15) is 0 Å². The maximum Gasteiger partial charge on any atom is 0.0408 e. The van der Waals surface area contributed by atoms with Gasteiger partial charge in [0.05, 0.1) is 0 Å². The van der Waals surface area contributed by atoms with Crippen molar-refractivity contribution in [1.82, 2.24) is 5.32 Å². The molecule has 1 N–H and O–H groups in total. The average molecular weight is 240 g/mol. The zero-order chi connectivity index (χ0) is 12.0. The molecule has 1 aromatic carbocycles. The minimum Gasteiger partial charge on any atom is -0.316 e. The van der Waals surface area contributed by atoms with E-state index >= 15 is 0 Å². The van der Waals surface area contributed by atoms with Gasteiger partial charge in [-0.15, -0.1) is 0 Å². The van der Waals surface area contributed by atoms with Crippen molar-refractivity contribution in [1.29, 1.82) is 0 Å². The van der Waals surface area contributed by atoms with Crippen molar-refractivity contribution in [3.05, 3.63) is 34.9 Å². The molecule has 0 aliphatic rings. The Hall–Kier alpha value is -0.530. The second-order valence-corrected chi connectivity index (χ2v) is 5.28. The van der Waals surface area contributed by atoms with Crippen LogP contribution in [0.5, 0.6) is 0 Å². The van der Waals surface area contributed by atoms with Gasteiger partial charge in [-0.1, -0.05) is 44.5 Å². The molecule has 0 radical (unpaired) electrons. The van der Waals surface area contributed by atoms with Crippen molar-refractivity contribution >= 4 is 11.6 Å². The summed E-state index contributed by atoms with van der Waals surface area (Å²) in [7, 11) is 0.